The minimum absolute atomic E-state index is 0.704. The third kappa shape index (κ3) is 3.62. The fraction of sp³-hybridized carbons (Fsp3) is 0.667. The van der Waals surface area contributed by atoms with Gasteiger partial charge in [0.2, 0.25) is 0 Å². The van der Waals surface area contributed by atoms with E-state index in [0.717, 1.165) is 24.9 Å². The van der Waals surface area contributed by atoms with E-state index in [2.05, 4.69) is 48.3 Å². The number of nitrogens with zero attached hydrogens (tertiary/aromatic N) is 1. The van der Waals surface area contributed by atoms with E-state index < -0.39 is 0 Å². The highest BCUT2D eigenvalue weighted by Crippen LogP contribution is 2.40. The monoisotopic (exact) mass is 272 g/mol. The van der Waals surface area contributed by atoms with Gasteiger partial charge in [-0.15, -0.1) is 0 Å². The van der Waals surface area contributed by atoms with Crippen LogP contribution in [0.5, 0.6) is 0 Å². The Bertz CT molecular complexity index is 437. The van der Waals surface area contributed by atoms with Crippen LogP contribution in [-0.4, -0.2) is 30.6 Å². The zero-order valence-electron chi connectivity index (χ0n) is 12.9. The third-order valence-electron chi connectivity index (χ3n) is 4.81. The standard InChI is InChI=1S/C18H28N2/c1-14(2)20-9-8-16(13-20)12-19-11-15-4-3-5-18(10-15)17-6-7-17/h3-5,10,14,16-17,19H,6-9,11-13H2,1-2H3. The second kappa shape index (κ2) is 6.28. The Kier molecular flexibility index (Phi) is 4.42. The molecular weight excluding hydrogens is 244 g/mol. The molecule has 1 atom stereocenters. The summed E-state index contributed by atoms with van der Waals surface area (Å²) in [6.45, 7) is 9.35. The van der Waals surface area contributed by atoms with Gasteiger partial charge >= 0.3 is 0 Å². The first-order valence-corrected chi connectivity index (χ1v) is 8.26. The molecule has 1 aliphatic heterocycles. The summed E-state index contributed by atoms with van der Waals surface area (Å²) in [7, 11) is 0. The Balaban J connectivity index is 1.42. The average molecular weight is 272 g/mol. The van der Waals surface area contributed by atoms with Gasteiger partial charge in [0.05, 0.1) is 0 Å². The smallest absolute Gasteiger partial charge is 0.0205 e. The number of benzene rings is 1. The largest absolute Gasteiger partial charge is 0.312 e. The van der Waals surface area contributed by atoms with Crippen LogP contribution >= 0.6 is 0 Å². The maximum Gasteiger partial charge on any atom is 0.0205 e. The van der Waals surface area contributed by atoms with Crippen molar-refractivity contribution in [1.82, 2.24) is 10.2 Å². The number of likely N-dealkylation sites (tertiary alicyclic amines) is 1. The Morgan fingerprint density at radius 1 is 1.25 bits per heavy atom. The van der Waals surface area contributed by atoms with Crippen molar-refractivity contribution in [2.75, 3.05) is 19.6 Å². The van der Waals surface area contributed by atoms with E-state index in [4.69, 9.17) is 0 Å². The Morgan fingerprint density at radius 2 is 2.10 bits per heavy atom. The minimum Gasteiger partial charge on any atom is -0.312 e. The lowest BCUT2D eigenvalue weighted by molar-refractivity contribution is 0.264. The van der Waals surface area contributed by atoms with Crippen molar-refractivity contribution in [2.24, 2.45) is 5.92 Å². The predicted octanol–water partition coefficient (Wildman–Crippen LogP) is 3.38. The van der Waals surface area contributed by atoms with Gasteiger partial charge in [-0.2, -0.15) is 0 Å². The number of hydrogen-bond acceptors (Lipinski definition) is 2. The molecular formula is C18H28N2. The number of nitrogens with one attached hydrogen (secondary N) is 1. The maximum atomic E-state index is 3.66. The van der Waals surface area contributed by atoms with Gasteiger partial charge < -0.3 is 10.2 Å². The van der Waals surface area contributed by atoms with Crippen molar-refractivity contribution in [3.8, 4) is 0 Å². The van der Waals surface area contributed by atoms with E-state index in [-0.39, 0.29) is 0 Å². The molecule has 0 bridgehead atoms. The van der Waals surface area contributed by atoms with E-state index in [0.29, 0.717) is 6.04 Å². The van der Waals surface area contributed by atoms with Crippen LogP contribution in [-0.2, 0) is 6.54 Å². The van der Waals surface area contributed by atoms with Crippen LogP contribution in [0.15, 0.2) is 24.3 Å². The first-order chi connectivity index (χ1) is 9.72. The lowest BCUT2D eigenvalue weighted by atomic mass is 10.1. The summed E-state index contributed by atoms with van der Waals surface area (Å²) in [5.74, 6) is 1.70. The van der Waals surface area contributed by atoms with Crippen LogP contribution in [0.25, 0.3) is 0 Å². The summed E-state index contributed by atoms with van der Waals surface area (Å²) in [6.07, 6.45) is 4.14. The molecule has 0 amide bonds. The summed E-state index contributed by atoms with van der Waals surface area (Å²) in [4.78, 5) is 2.60. The number of rotatable bonds is 6. The normalized spacial score (nSPS) is 23.6. The molecule has 2 nitrogen and oxygen atoms in total. The Morgan fingerprint density at radius 3 is 2.80 bits per heavy atom. The molecule has 0 radical (unpaired) electrons. The summed E-state index contributed by atoms with van der Waals surface area (Å²) in [5, 5.41) is 3.66. The fourth-order valence-electron chi connectivity index (χ4n) is 3.29. The molecule has 2 aliphatic rings. The molecule has 0 spiro atoms. The van der Waals surface area contributed by atoms with E-state index in [9.17, 15) is 0 Å². The van der Waals surface area contributed by atoms with Crippen molar-refractivity contribution < 1.29 is 0 Å². The lowest BCUT2D eigenvalue weighted by Gasteiger charge is -2.20. The highest BCUT2D eigenvalue weighted by molar-refractivity contribution is 5.29. The molecule has 1 aromatic rings. The van der Waals surface area contributed by atoms with Gasteiger partial charge in [0.15, 0.2) is 0 Å². The molecule has 1 heterocycles. The summed E-state index contributed by atoms with van der Waals surface area (Å²) >= 11 is 0. The average Bonchev–Trinajstić information content (AvgIpc) is 3.18. The molecule has 1 saturated carbocycles. The molecule has 1 saturated heterocycles. The molecule has 3 rings (SSSR count). The first-order valence-electron chi connectivity index (χ1n) is 8.26. The van der Waals surface area contributed by atoms with E-state index in [1.807, 2.05) is 0 Å². The van der Waals surface area contributed by atoms with Crippen LogP contribution in [0.4, 0.5) is 0 Å². The van der Waals surface area contributed by atoms with Gasteiger partial charge in [0.1, 0.15) is 0 Å². The molecule has 1 N–H and O–H groups in total. The molecule has 0 aromatic heterocycles. The summed E-state index contributed by atoms with van der Waals surface area (Å²) < 4.78 is 0. The highest BCUT2D eigenvalue weighted by atomic mass is 15.2. The molecule has 1 aromatic carbocycles. The molecule has 20 heavy (non-hydrogen) atoms. The van der Waals surface area contributed by atoms with Crippen molar-refractivity contribution in [2.45, 2.75) is 51.6 Å². The van der Waals surface area contributed by atoms with Gasteiger partial charge in [-0.3, -0.25) is 0 Å². The zero-order valence-corrected chi connectivity index (χ0v) is 12.9. The predicted molar refractivity (Wildman–Crippen MR) is 84.9 cm³/mol. The second-order valence-electron chi connectivity index (χ2n) is 6.89. The SMILES string of the molecule is CC(C)N1CCC(CNCc2cccc(C3CC3)c2)C1. The lowest BCUT2D eigenvalue weighted by Crippen LogP contribution is -2.30. The van der Waals surface area contributed by atoms with Gasteiger partial charge in [-0.1, -0.05) is 24.3 Å². The van der Waals surface area contributed by atoms with Crippen LogP contribution < -0.4 is 5.32 Å². The van der Waals surface area contributed by atoms with Gasteiger partial charge in [0, 0.05) is 19.1 Å². The van der Waals surface area contributed by atoms with Crippen LogP contribution in [0.1, 0.15) is 50.2 Å². The van der Waals surface area contributed by atoms with Crippen molar-refractivity contribution in [3.63, 3.8) is 0 Å². The fourth-order valence-corrected chi connectivity index (χ4v) is 3.29. The summed E-state index contributed by atoms with van der Waals surface area (Å²) in [5.41, 5.74) is 3.00. The molecule has 1 aliphatic carbocycles. The van der Waals surface area contributed by atoms with Crippen molar-refractivity contribution in [1.29, 1.82) is 0 Å². The third-order valence-corrected chi connectivity index (χ3v) is 4.81. The summed E-state index contributed by atoms with van der Waals surface area (Å²) in [6, 6.07) is 9.88. The maximum absolute atomic E-state index is 3.66. The van der Waals surface area contributed by atoms with E-state index >= 15 is 0 Å². The van der Waals surface area contributed by atoms with Crippen molar-refractivity contribution in [3.05, 3.63) is 35.4 Å². The topological polar surface area (TPSA) is 15.3 Å². The van der Waals surface area contributed by atoms with Gasteiger partial charge in [-0.25, -0.2) is 0 Å². The quantitative estimate of drug-likeness (QED) is 0.854. The molecule has 2 fully saturated rings. The van der Waals surface area contributed by atoms with Crippen LogP contribution in [0.3, 0.4) is 0 Å². The van der Waals surface area contributed by atoms with Crippen LogP contribution in [0.2, 0.25) is 0 Å². The zero-order chi connectivity index (χ0) is 13.9. The van der Waals surface area contributed by atoms with E-state index in [1.54, 1.807) is 5.56 Å². The Labute approximate surface area is 123 Å². The molecule has 2 heteroatoms. The molecule has 110 valence electrons. The molecule has 1 unspecified atom stereocenters. The van der Waals surface area contributed by atoms with Crippen LogP contribution in [0, 0.1) is 5.92 Å². The first kappa shape index (κ1) is 14.1. The Hall–Kier alpha value is -0.860. The minimum atomic E-state index is 0.704. The second-order valence-corrected chi connectivity index (χ2v) is 6.89. The van der Waals surface area contributed by atoms with Gasteiger partial charge in [-0.05, 0) is 69.2 Å². The highest BCUT2D eigenvalue weighted by Gasteiger charge is 2.24. The number of hydrogen-bond donors (Lipinski definition) is 1. The van der Waals surface area contributed by atoms with Crippen molar-refractivity contribution >= 4 is 0 Å². The van der Waals surface area contributed by atoms with Gasteiger partial charge in [0.25, 0.3) is 0 Å². The van der Waals surface area contributed by atoms with E-state index in [1.165, 1.54) is 37.9 Å².